The summed E-state index contributed by atoms with van der Waals surface area (Å²) >= 11 is 7.75. The van der Waals surface area contributed by atoms with Crippen LogP contribution in [0, 0.1) is 0 Å². The van der Waals surface area contributed by atoms with Crippen LogP contribution in [0.4, 0.5) is 5.69 Å². The SMILES string of the molecule is COc1cc2[nH]c(=O)c(C(=O)Nc3cc(C(=O)NCC(N)c4ccsc4)ccc3Cl)cc2cn1. The molecule has 0 saturated heterocycles. The molecule has 5 N–H and O–H groups in total. The van der Waals surface area contributed by atoms with E-state index in [1.165, 1.54) is 48.9 Å². The van der Waals surface area contributed by atoms with Gasteiger partial charge < -0.3 is 26.1 Å². The minimum Gasteiger partial charge on any atom is -0.481 e. The van der Waals surface area contributed by atoms with E-state index in [9.17, 15) is 14.4 Å². The number of aromatic amines is 1. The van der Waals surface area contributed by atoms with Gasteiger partial charge in [0.2, 0.25) is 5.88 Å². The molecule has 0 aliphatic heterocycles. The lowest BCUT2D eigenvalue weighted by Gasteiger charge is -2.13. The number of hydrogen-bond acceptors (Lipinski definition) is 7. The van der Waals surface area contributed by atoms with Crippen molar-refractivity contribution in [2.24, 2.45) is 5.73 Å². The molecule has 0 aliphatic rings. The first-order valence-electron chi connectivity index (χ1n) is 10.1. The maximum absolute atomic E-state index is 12.8. The number of ether oxygens (including phenoxy) is 1. The number of nitrogens with zero attached hydrogens (tertiary/aromatic N) is 1. The van der Waals surface area contributed by atoms with Gasteiger partial charge in [0.15, 0.2) is 0 Å². The average Bonchev–Trinajstić information content (AvgIpc) is 3.38. The molecular formula is C23H20ClN5O4S. The Morgan fingerprint density at radius 3 is 2.79 bits per heavy atom. The van der Waals surface area contributed by atoms with Crippen LogP contribution in [0.1, 0.15) is 32.3 Å². The van der Waals surface area contributed by atoms with Crippen LogP contribution in [-0.2, 0) is 0 Å². The maximum atomic E-state index is 12.8. The Balaban J connectivity index is 1.51. The normalized spacial score (nSPS) is 11.7. The molecule has 0 spiro atoms. The average molecular weight is 498 g/mol. The van der Waals surface area contributed by atoms with Gasteiger partial charge in [-0.1, -0.05) is 11.6 Å². The Morgan fingerprint density at radius 2 is 2.06 bits per heavy atom. The van der Waals surface area contributed by atoms with Gasteiger partial charge in [-0.25, -0.2) is 4.98 Å². The van der Waals surface area contributed by atoms with Crippen LogP contribution in [0.2, 0.25) is 5.02 Å². The number of thiophene rings is 1. The molecule has 0 bridgehead atoms. The lowest BCUT2D eigenvalue weighted by atomic mass is 10.1. The van der Waals surface area contributed by atoms with Crippen molar-refractivity contribution in [1.29, 1.82) is 0 Å². The first kappa shape index (κ1) is 23.4. The van der Waals surface area contributed by atoms with Crippen molar-refractivity contribution >= 4 is 51.3 Å². The largest absolute Gasteiger partial charge is 0.481 e. The minimum atomic E-state index is -0.682. The first-order chi connectivity index (χ1) is 16.4. The quantitative estimate of drug-likeness (QED) is 0.309. The summed E-state index contributed by atoms with van der Waals surface area (Å²) in [6.07, 6.45) is 1.49. The maximum Gasteiger partial charge on any atom is 0.261 e. The summed E-state index contributed by atoms with van der Waals surface area (Å²) in [7, 11) is 1.46. The minimum absolute atomic E-state index is 0.132. The smallest absolute Gasteiger partial charge is 0.261 e. The van der Waals surface area contributed by atoms with Crippen LogP contribution in [0.15, 0.2) is 58.1 Å². The Hall–Kier alpha value is -3.73. The number of nitrogens with two attached hydrogens (primary N) is 1. The van der Waals surface area contributed by atoms with Crippen molar-refractivity contribution in [3.63, 3.8) is 0 Å². The number of carbonyl (C=O) groups is 2. The van der Waals surface area contributed by atoms with E-state index in [0.29, 0.717) is 16.8 Å². The van der Waals surface area contributed by atoms with Crippen molar-refractivity contribution in [1.82, 2.24) is 15.3 Å². The van der Waals surface area contributed by atoms with Gasteiger partial charge in [0.1, 0.15) is 5.56 Å². The highest BCUT2D eigenvalue weighted by Gasteiger charge is 2.17. The zero-order valence-electron chi connectivity index (χ0n) is 17.9. The summed E-state index contributed by atoms with van der Waals surface area (Å²) in [5, 5.41) is 9.97. The van der Waals surface area contributed by atoms with E-state index < -0.39 is 11.5 Å². The fraction of sp³-hybridized carbons (Fsp3) is 0.130. The predicted molar refractivity (Wildman–Crippen MR) is 132 cm³/mol. The fourth-order valence-electron chi connectivity index (χ4n) is 3.22. The van der Waals surface area contributed by atoms with Crippen LogP contribution in [0.3, 0.4) is 0 Å². The highest BCUT2D eigenvalue weighted by molar-refractivity contribution is 7.08. The van der Waals surface area contributed by atoms with Gasteiger partial charge in [-0.3, -0.25) is 14.4 Å². The second kappa shape index (κ2) is 10.0. The number of nitrogens with one attached hydrogen (secondary N) is 3. The Kier molecular flexibility index (Phi) is 6.92. The Morgan fingerprint density at radius 1 is 1.24 bits per heavy atom. The summed E-state index contributed by atoms with van der Waals surface area (Å²) in [4.78, 5) is 44.6. The van der Waals surface area contributed by atoms with Crippen molar-refractivity contribution in [2.75, 3.05) is 19.0 Å². The number of fused-ring (bicyclic) bond motifs is 1. The Bertz CT molecular complexity index is 1420. The highest BCUT2D eigenvalue weighted by Crippen LogP contribution is 2.24. The summed E-state index contributed by atoms with van der Waals surface area (Å²) in [6, 6.07) is 9.01. The molecule has 0 fully saturated rings. The summed E-state index contributed by atoms with van der Waals surface area (Å²) in [5.74, 6) is -0.724. The topological polar surface area (TPSA) is 139 Å². The van der Waals surface area contributed by atoms with Gasteiger partial charge in [-0.15, -0.1) is 0 Å². The number of hydrogen-bond donors (Lipinski definition) is 4. The van der Waals surface area contributed by atoms with Gasteiger partial charge in [-0.2, -0.15) is 11.3 Å². The molecule has 0 radical (unpaired) electrons. The van der Waals surface area contributed by atoms with E-state index in [1.54, 1.807) is 6.07 Å². The number of amides is 2. The molecule has 1 unspecified atom stereocenters. The number of aromatic nitrogens is 2. The molecule has 2 amide bonds. The molecule has 3 heterocycles. The van der Waals surface area contributed by atoms with E-state index in [0.717, 1.165) is 5.56 Å². The second-order valence-corrected chi connectivity index (χ2v) is 8.54. The molecule has 0 saturated carbocycles. The standard InChI is InChI=1S/C23H20ClN5O4S/c1-33-20-8-18-14(9-26-20)6-15(22(31)28-18)23(32)29-19-7-12(2-3-16(19)24)21(30)27-10-17(25)13-4-5-34-11-13/h2-9,11,17H,10,25H2,1H3,(H,27,30)(H,28,31)(H,29,32). The van der Waals surface area contributed by atoms with Crippen molar-refractivity contribution in [3.8, 4) is 5.88 Å². The fourth-order valence-corrected chi connectivity index (χ4v) is 4.11. The van der Waals surface area contributed by atoms with E-state index in [1.807, 2.05) is 16.8 Å². The van der Waals surface area contributed by atoms with Crippen LogP contribution in [0.25, 0.3) is 10.9 Å². The predicted octanol–water partition coefficient (Wildman–Crippen LogP) is 3.33. The van der Waals surface area contributed by atoms with E-state index in [4.69, 9.17) is 22.1 Å². The van der Waals surface area contributed by atoms with Crippen LogP contribution < -0.4 is 26.7 Å². The molecule has 11 heteroatoms. The summed E-state index contributed by atoms with van der Waals surface area (Å²) in [5.41, 5.74) is 7.24. The van der Waals surface area contributed by atoms with Gasteiger partial charge in [0, 0.05) is 35.8 Å². The lowest BCUT2D eigenvalue weighted by molar-refractivity contribution is 0.0949. The zero-order valence-corrected chi connectivity index (χ0v) is 19.5. The highest BCUT2D eigenvalue weighted by atomic mass is 35.5. The van der Waals surface area contributed by atoms with Crippen LogP contribution >= 0.6 is 22.9 Å². The first-order valence-corrected chi connectivity index (χ1v) is 11.4. The summed E-state index contributed by atoms with van der Waals surface area (Å²) in [6.45, 7) is 0.241. The number of halogens is 1. The Labute approximate surface area is 202 Å². The van der Waals surface area contributed by atoms with E-state index in [2.05, 4.69) is 20.6 Å². The summed E-state index contributed by atoms with van der Waals surface area (Å²) < 4.78 is 5.05. The second-order valence-electron chi connectivity index (χ2n) is 7.35. The third kappa shape index (κ3) is 5.09. The lowest BCUT2D eigenvalue weighted by Crippen LogP contribution is -2.31. The zero-order chi connectivity index (χ0) is 24.2. The van der Waals surface area contributed by atoms with Gasteiger partial charge in [-0.05, 0) is 46.7 Å². The van der Waals surface area contributed by atoms with E-state index >= 15 is 0 Å². The number of anilines is 1. The van der Waals surface area contributed by atoms with Gasteiger partial charge in [0.05, 0.1) is 23.3 Å². The van der Waals surface area contributed by atoms with E-state index in [-0.39, 0.29) is 40.3 Å². The molecule has 34 heavy (non-hydrogen) atoms. The van der Waals surface area contributed by atoms with Crippen molar-refractivity contribution < 1.29 is 14.3 Å². The monoisotopic (exact) mass is 497 g/mol. The number of methoxy groups -OCH3 is 1. The number of H-pyrrole nitrogens is 1. The van der Waals surface area contributed by atoms with Crippen molar-refractivity contribution in [2.45, 2.75) is 6.04 Å². The molecule has 3 aromatic heterocycles. The number of rotatable bonds is 7. The molecule has 9 nitrogen and oxygen atoms in total. The molecule has 4 aromatic rings. The van der Waals surface area contributed by atoms with Gasteiger partial charge in [0.25, 0.3) is 17.4 Å². The molecular weight excluding hydrogens is 478 g/mol. The molecule has 4 rings (SSSR count). The number of pyridine rings is 2. The third-order valence-corrected chi connectivity index (χ3v) is 6.12. The van der Waals surface area contributed by atoms with Crippen molar-refractivity contribution in [3.05, 3.63) is 85.4 Å². The van der Waals surface area contributed by atoms with Crippen LogP contribution in [0.5, 0.6) is 5.88 Å². The number of carbonyl (C=O) groups excluding carboxylic acids is 2. The number of benzene rings is 1. The molecule has 0 aliphatic carbocycles. The molecule has 1 aromatic carbocycles. The molecule has 1 atom stereocenters. The third-order valence-electron chi connectivity index (χ3n) is 5.09. The van der Waals surface area contributed by atoms with Gasteiger partial charge >= 0.3 is 0 Å². The van der Waals surface area contributed by atoms with Crippen LogP contribution in [-0.4, -0.2) is 35.4 Å². The molecule has 174 valence electrons.